The van der Waals surface area contributed by atoms with E-state index in [-0.39, 0.29) is 17.2 Å². The largest absolute Gasteiger partial charge is 0.497 e. The highest BCUT2D eigenvalue weighted by Gasteiger charge is 2.58. The lowest BCUT2D eigenvalue weighted by Gasteiger charge is -2.25. The fraction of sp³-hybridized carbons (Fsp3) is 0.611. The summed E-state index contributed by atoms with van der Waals surface area (Å²) >= 11 is 0. The van der Waals surface area contributed by atoms with Gasteiger partial charge in [0.2, 0.25) is 5.91 Å². The van der Waals surface area contributed by atoms with Gasteiger partial charge in [0.05, 0.1) is 14.2 Å². The van der Waals surface area contributed by atoms with Crippen molar-refractivity contribution in [3.8, 4) is 11.5 Å². The molecule has 1 aromatic carbocycles. The van der Waals surface area contributed by atoms with Crippen LogP contribution >= 0.6 is 0 Å². The molecule has 0 radical (unpaired) electrons. The fourth-order valence-corrected chi connectivity index (χ4v) is 3.75. The van der Waals surface area contributed by atoms with Crippen LogP contribution in [-0.2, 0) is 11.3 Å². The minimum atomic E-state index is 0.210. The second kappa shape index (κ2) is 6.40. The van der Waals surface area contributed by atoms with E-state index in [4.69, 9.17) is 9.47 Å². The van der Waals surface area contributed by atoms with Gasteiger partial charge in [-0.2, -0.15) is 0 Å². The molecular formula is C18H26N2O3. The second-order valence-corrected chi connectivity index (χ2v) is 6.78. The summed E-state index contributed by atoms with van der Waals surface area (Å²) in [6, 6.07) is 5.76. The van der Waals surface area contributed by atoms with Crippen LogP contribution in [0.4, 0.5) is 0 Å². The first-order chi connectivity index (χ1) is 11.1. The first-order valence-corrected chi connectivity index (χ1v) is 8.25. The number of nitrogens with one attached hydrogen (secondary N) is 1. The molecule has 1 atom stereocenters. The lowest BCUT2D eigenvalue weighted by atomic mass is 9.91. The minimum absolute atomic E-state index is 0.210. The molecule has 1 amide bonds. The smallest absolute Gasteiger partial charge is 0.226 e. The van der Waals surface area contributed by atoms with Gasteiger partial charge < -0.3 is 19.7 Å². The molecule has 1 heterocycles. The molecule has 1 unspecified atom stereocenters. The van der Waals surface area contributed by atoms with Crippen LogP contribution in [0.3, 0.4) is 0 Å². The van der Waals surface area contributed by atoms with Crippen molar-refractivity contribution in [3.05, 3.63) is 23.8 Å². The number of nitrogens with zero attached hydrogens (tertiary/aromatic N) is 1. The van der Waals surface area contributed by atoms with E-state index in [2.05, 4.69) is 5.32 Å². The first kappa shape index (κ1) is 16.1. The summed E-state index contributed by atoms with van der Waals surface area (Å²) in [6.45, 7) is 2.67. The molecule has 1 saturated carbocycles. The van der Waals surface area contributed by atoms with E-state index in [9.17, 15) is 4.79 Å². The van der Waals surface area contributed by atoms with Crippen molar-refractivity contribution in [2.45, 2.75) is 25.8 Å². The van der Waals surface area contributed by atoms with Crippen LogP contribution in [0.25, 0.3) is 0 Å². The third-order valence-corrected chi connectivity index (χ3v) is 5.29. The number of methoxy groups -OCH3 is 2. The lowest BCUT2D eigenvalue weighted by molar-refractivity contribution is -0.132. The number of carbonyl (C=O) groups excluding carboxylic acids is 1. The van der Waals surface area contributed by atoms with E-state index in [1.54, 1.807) is 14.2 Å². The van der Waals surface area contributed by atoms with Crippen molar-refractivity contribution in [1.82, 2.24) is 10.2 Å². The number of rotatable bonds is 5. The van der Waals surface area contributed by atoms with Crippen molar-refractivity contribution < 1.29 is 14.3 Å². The Morgan fingerprint density at radius 1 is 1.22 bits per heavy atom. The van der Waals surface area contributed by atoms with Gasteiger partial charge in [-0.15, -0.1) is 0 Å². The molecule has 1 N–H and O–H groups in total. The molecule has 2 aliphatic rings. The van der Waals surface area contributed by atoms with E-state index >= 15 is 0 Å². The predicted molar refractivity (Wildman–Crippen MR) is 88.7 cm³/mol. The average Bonchev–Trinajstić information content (AvgIpc) is 3.27. The summed E-state index contributed by atoms with van der Waals surface area (Å²) < 4.78 is 10.6. The third kappa shape index (κ3) is 3.29. The standard InChI is InChI=1S/C18H26N2O3/c1-20(12-13-8-14(22-2)10-15(9-13)23-3)17(21)16-11-18(16)4-6-19-7-5-18/h8-10,16,19H,4-7,11-12H2,1-3H3. The molecule has 1 aromatic rings. The maximum atomic E-state index is 12.7. The zero-order chi connectivity index (χ0) is 16.4. The van der Waals surface area contributed by atoms with Crippen molar-refractivity contribution in [3.63, 3.8) is 0 Å². The van der Waals surface area contributed by atoms with Gasteiger partial charge in [0.25, 0.3) is 0 Å². The van der Waals surface area contributed by atoms with Gasteiger partial charge in [-0.25, -0.2) is 0 Å². The topological polar surface area (TPSA) is 50.8 Å². The van der Waals surface area contributed by atoms with Crippen LogP contribution < -0.4 is 14.8 Å². The molecule has 1 aliphatic heterocycles. The van der Waals surface area contributed by atoms with E-state index in [1.165, 1.54) is 0 Å². The molecule has 2 fully saturated rings. The fourth-order valence-electron chi connectivity index (χ4n) is 3.75. The maximum absolute atomic E-state index is 12.7. The molecule has 1 spiro atoms. The highest BCUT2D eigenvalue weighted by molar-refractivity contribution is 5.82. The zero-order valence-electron chi connectivity index (χ0n) is 14.2. The van der Waals surface area contributed by atoms with Crippen LogP contribution in [0.1, 0.15) is 24.8 Å². The molecule has 5 heteroatoms. The Bertz CT molecular complexity index is 559. The SMILES string of the molecule is COc1cc(CN(C)C(=O)C2CC23CCNCC3)cc(OC)c1. The molecule has 1 saturated heterocycles. The van der Waals surface area contributed by atoms with Gasteiger partial charge in [-0.1, -0.05) is 0 Å². The third-order valence-electron chi connectivity index (χ3n) is 5.29. The van der Waals surface area contributed by atoms with Crippen LogP contribution in [0, 0.1) is 11.3 Å². The van der Waals surface area contributed by atoms with Crippen molar-refractivity contribution >= 4 is 5.91 Å². The van der Waals surface area contributed by atoms with Gasteiger partial charge in [0.1, 0.15) is 11.5 Å². The quantitative estimate of drug-likeness (QED) is 0.903. The zero-order valence-corrected chi connectivity index (χ0v) is 14.2. The number of hydrogen-bond donors (Lipinski definition) is 1. The van der Waals surface area contributed by atoms with E-state index < -0.39 is 0 Å². The number of carbonyl (C=O) groups is 1. The lowest BCUT2D eigenvalue weighted by Crippen LogP contribution is -2.34. The van der Waals surface area contributed by atoms with Gasteiger partial charge >= 0.3 is 0 Å². The highest BCUT2D eigenvalue weighted by Crippen LogP contribution is 2.59. The molecule has 1 aliphatic carbocycles. The summed E-state index contributed by atoms with van der Waals surface area (Å²) in [6.07, 6.45) is 3.31. The summed E-state index contributed by atoms with van der Waals surface area (Å²) in [7, 11) is 5.17. The Kier molecular flexibility index (Phi) is 4.48. The van der Waals surface area contributed by atoms with Crippen LogP contribution in [0.15, 0.2) is 18.2 Å². The van der Waals surface area contributed by atoms with Crippen LogP contribution in [0.5, 0.6) is 11.5 Å². The van der Waals surface area contributed by atoms with E-state index in [0.717, 1.165) is 49.4 Å². The average molecular weight is 318 g/mol. The van der Waals surface area contributed by atoms with Gasteiger partial charge in [0.15, 0.2) is 0 Å². The van der Waals surface area contributed by atoms with Crippen LogP contribution in [0.2, 0.25) is 0 Å². The predicted octanol–water partition coefficient (Wildman–Crippen LogP) is 2.05. The van der Waals surface area contributed by atoms with Crippen LogP contribution in [-0.4, -0.2) is 45.2 Å². The van der Waals surface area contributed by atoms with Gasteiger partial charge in [-0.3, -0.25) is 4.79 Å². The Morgan fingerprint density at radius 2 is 1.83 bits per heavy atom. The summed E-state index contributed by atoms with van der Waals surface area (Å²) in [4.78, 5) is 14.6. The number of piperidine rings is 1. The minimum Gasteiger partial charge on any atom is -0.497 e. The second-order valence-electron chi connectivity index (χ2n) is 6.78. The normalized spacial score (nSPS) is 21.8. The molecule has 0 bridgehead atoms. The number of hydrogen-bond acceptors (Lipinski definition) is 4. The number of ether oxygens (including phenoxy) is 2. The molecule has 3 rings (SSSR count). The van der Waals surface area contributed by atoms with Gasteiger partial charge in [0, 0.05) is 25.6 Å². The molecule has 5 nitrogen and oxygen atoms in total. The molecule has 23 heavy (non-hydrogen) atoms. The number of amides is 1. The van der Waals surface area contributed by atoms with E-state index in [1.807, 2.05) is 30.1 Å². The Balaban J connectivity index is 1.65. The Labute approximate surface area is 137 Å². The molecule has 126 valence electrons. The van der Waals surface area contributed by atoms with Crippen molar-refractivity contribution in [2.75, 3.05) is 34.4 Å². The van der Waals surface area contributed by atoms with Gasteiger partial charge in [-0.05, 0) is 55.5 Å². The van der Waals surface area contributed by atoms with Crippen molar-refractivity contribution in [1.29, 1.82) is 0 Å². The summed E-state index contributed by atoms with van der Waals surface area (Å²) in [5.74, 6) is 1.98. The first-order valence-electron chi connectivity index (χ1n) is 8.25. The monoisotopic (exact) mass is 318 g/mol. The number of benzene rings is 1. The summed E-state index contributed by atoms with van der Waals surface area (Å²) in [5.41, 5.74) is 1.31. The van der Waals surface area contributed by atoms with E-state index in [0.29, 0.717) is 6.54 Å². The highest BCUT2D eigenvalue weighted by atomic mass is 16.5. The maximum Gasteiger partial charge on any atom is 0.226 e. The summed E-state index contributed by atoms with van der Waals surface area (Å²) in [5, 5.41) is 3.38. The molecule has 0 aromatic heterocycles. The van der Waals surface area contributed by atoms with Crippen molar-refractivity contribution in [2.24, 2.45) is 11.3 Å². The Morgan fingerprint density at radius 3 is 2.39 bits per heavy atom. The Hall–Kier alpha value is -1.75. The molecular weight excluding hydrogens is 292 g/mol.